The fourth-order valence-corrected chi connectivity index (χ4v) is 3.34. The molecule has 1 aromatic carbocycles. The zero-order valence-electron chi connectivity index (χ0n) is 10.5. The van der Waals surface area contributed by atoms with Gasteiger partial charge in [0.05, 0.1) is 0 Å². The van der Waals surface area contributed by atoms with Crippen LogP contribution in [0, 0.1) is 0 Å². The van der Waals surface area contributed by atoms with E-state index in [0.29, 0.717) is 17.6 Å². The van der Waals surface area contributed by atoms with Crippen LogP contribution in [0.5, 0.6) is 0 Å². The lowest BCUT2D eigenvalue weighted by Crippen LogP contribution is -2.27. The van der Waals surface area contributed by atoms with E-state index in [0.717, 1.165) is 11.9 Å². The lowest BCUT2D eigenvalue weighted by Gasteiger charge is -2.15. The Hall–Kier alpha value is -1.53. The lowest BCUT2D eigenvalue weighted by atomic mass is 10.2. The molecule has 0 spiro atoms. The third-order valence-corrected chi connectivity index (χ3v) is 4.79. The highest BCUT2D eigenvalue weighted by Crippen LogP contribution is 2.26. The van der Waals surface area contributed by atoms with Crippen LogP contribution >= 0.6 is 0 Å². The van der Waals surface area contributed by atoms with Crippen LogP contribution in [0.4, 0.5) is 5.69 Å². The summed E-state index contributed by atoms with van der Waals surface area (Å²) in [5, 5.41) is 0.637. The van der Waals surface area contributed by atoms with Crippen molar-refractivity contribution in [1.29, 1.82) is 0 Å². The van der Waals surface area contributed by atoms with Crippen LogP contribution in [0.2, 0.25) is 0 Å². The van der Waals surface area contributed by atoms with E-state index in [-0.39, 0.29) is 4.90 Å². The van der Waals surface area contributed by atoms with Crippen molar-refractivity contribution < 1.29 is 8.42 Å². The number of fused-ring (bicyclic) bond motifs is 1. The minimum absolute atomic E-state index is 0.278. The number of benzene rings is 1. The number of hydrogen-bond donors (Lipinski definition) is 2. The molecule has 0 fully saturated rings. The highest BCUT2D eigenvalue weighted by Gasteiger charge is 2.23. The Balaban J connectivity index is 2.57. The molecule has 0 saturated carbocycles. The van der Waals surface area contributed by atoms with Crippen LogP contribution in [0.25, 0.3) is 10.9 Å². The Labute approximate surface area is 107 Å². The Morgan fingerprint density at radius 2 is 2.11 bits per heavy atom. The van der Waals surface area contributed by atoms with Crippen LogP contribution in [0.1, 0.15) is 13.3 Å². The molecule has 18 heavy (non-hydrogen) atoms. The molecule has 2 rings (SSSR count). The van der Waals surface area contributed by atoms with Crippen LogP contribution < -0.4 is 5.73 Å². The van der Waals surface area contributed by atoms with Gasteiger partial charge in [0.15, 0.2) is 0 Å². The number of nitrogen functional groups attached to an aromatic ring is 1. The van der Waals surface area contributed by atoms with Gasteiger partial charge in [0.25, 0.3) is 0 Å². The number of H-pyrrole nitrogens is 1. The molecular weight excluding hydrogens is 250 g/mol. The first-order chi connectivity index (χ1) is 8.46. The second-order valence-electron chi connectivity index (χ2n) is 4.28. The van der Waals surface area contributed by atoms with Crippen molar-refractivity contribution in [3.8, 4) is 0 Å². The van der Waals surface area contributed by atoms with Crippen LogP contribution in [0.15, 0.2) is 29.3 Å². The summed E-state index contributed by atoms with van der Waals surface area (Å²) in [6.45, 7) is 2.44. The van der Waals surface area contributed by atoms with E-state index in [1.54, 1.807) is 25.2 Å². The van der Waals surface area contributed by atoms with Crippen molar-refractivity contribution >= 4 is 26.6 Å². The topological polar surface area (TPSA) is 79.2 Å². The third-order valence-electron chi connectivity index (χ3n) is 2.89. The van der Waals surface area contributed by atoms with E-state index in [9.17, 15) is 8.42 Å². The molecule has 3 N–H and O–H groups in total. The summed E-state index contributed by atoms with van der Waals surface area (Å²) >= 11 is 0. The van der Waals surface area contributed by atoms with E-state index >= 15 is 0 Å². The van der Waals surface area contributed by atoms with Crippen LogP contribution in [-0.2, 0) is 10.0 Å². The fourth-order valence-electron chi connectivity index (χ4n) is 1.93. The molecule has 6 heteroatoms. The summed E-state index contributed by atoms with van der Waals surface area (Å²) in [4.78, 5) is 3.24. The molecule has 5 nitrogen and oxygen atoms in total. The highest BCUT2D eigenvalue weighted by atomic mass is 32.2. The van der Waals surface area contributed by atoms with E-state index < -0.39 is 10.0 Å². The number of nitrogens with zero attached hydrogens (tertiary/aromatic N) is 1. The summed E-state index contributed by atoms with van der Waals surface area (Å²) in [6.07, 6.45) is 2.30. The molecular formula is C12H17N3O2S. The number of aromatic amines is 1. The molecule has 1 heterocycles. The van der Waals surface area contributed by atoms with Crippen molar-refractivity contribution in [3.05, 3.63) is 24.4 Å². The van der Waals surface area contributed by atoms with Gasteiger partial charge in [-0.05, 0) is 24.6 Å². The summed E-state index contributed by atoms with van der Waals surface area (Å²) in [6, 6.07) is 5.20. The fraction of sp³-hybridized carbons (Fsp3) is 0.333. The zero-order valence-corrected chi connectivity index (χ0v) is 11.3. The number of hydrogen-bond acceptors (Lipinski definition) is 3. The van der Waals surface area contributed by atoms with Gasteiger partial charge in [-0.3, -0.25) is 0 Å². The quantitative estimate of drug-likeness (QED) is 0.829. The van der Waals surface area contributed by atoms with Gasteiger partial charge in [-0.1, -0.05) is 6.92 Å². The number of sulfonamides is 1. The Morgan fingerprint density at radius 1 is 1.39 bits per heavy atom. The molecule has 0 unspecified atom stereocenters. The summed E-state index contributed by atoms with van der Waals surface area (Å²) < 4.78 is 26.1. The van der Waals surface area contributed by atoms with Gasteiger partial charge in [0, 0.05) is 36.4 Å². The SMILES string of the molecule is CCCN(C)S(=O)(=O)c1c[nH]c2ccc(N)cc12. The molecule has 0 amide bonds. The molecule has 0 bridgehead atoms. The maximum absolute atomic E-state index is 12.4. The molecule has 2 aromatic rings. The Morgan fingerprint density at radius 3 is 2.78 bits per heavy atom. The molecule has 98 valence electrons. The zero-order chi connectivity index (χ0) is 13.3. The molecule has 0 radical (unpaired) electrons. The van der Waals surface area contributed by atoms with Crippen molar-refractivity contribution in [2.45, 2.75) is 18.2 Å². The molecule has 0 aliphatic rings. The minimum atomic E-state index is -3.45. The number of nitrogens with one attached hydrogen (secondary N) is 1. The van der Waals surface area contributed by atoms with Crippen molar-refractivity contribution in [2.75, 3.05) is 19.3 Å². The first-order valence-corrected chi connectivity index (χ1v) is 7.23. The lowest BCUT2D eigenvalue weighted by molar-refractivity contribution is 0.469. The highest BCUT2D eigenvalue weighted by molar-refractivity contribution is 7.89. The first-order valence-electron chi connectivity index (χ1n) is 5.79. The second-order valence-corrected chi connectivity index (χ2v) is 6.30. The van der Waals surface area contributed by atoms with Gasteiger partial charge < -0.3 is 10.7 Å². The van der Waals surface area contributed by atoms with Gasteiger partial charge in [-0.25, -0.2) is 12.7 Å². The minimum Gasteiger partial charge on any atom is -0.399 e. The maximum atomic E-state index is 12.4. The molecule has 0 aliphatic carbocycles. The first kappa shape index (κ1) is 12.9. The largest absolute Gasteiger partial charge is 0.399 e. The number of rotatable bonds is 4. The van der Waals surface area contributed by atoms with E-state index in [1.165, 1.54) is 10.5 Å². The average molecular weight is 267 g/mol. The van der Waals surface area contributed by atoms with Gasteiger partial charge in [0.1, 0.15) is 4.90 Å². The van der Waals surface area contributed by atoms with Gasteiger partial charge in [-0.15, -0.1) is 0 Å². The van der Waals surface area contributed by atoms with Gasteiger partial charge in [-0.2, -0.15) is 0 Å². The van der Waals surface area contributed by atoms with Crippen molar-refractivity contribution in [1.82, 2.24) is 9.29 Å². The number of anilines is 1. The van der Waals surface area contributed by atoms with Gasteiger partial charge >= 0.3 is 0 Å². The summed E-state index contributed by atoms with van der Waals surface area (Å²) in [7, 11) is -1.87. The van der Waals surface area contributed by atoms with E-state index in [1.807, 2.05) is 6.92 Å². The van der Waals surface area contributed by atoms with E-state index in [2.05, 4.69) is 4.98 Å². The standard InChI is InChI=1S/C12H17N3O2S/c1-3-6-15(2)18(16,17)12-8-14-11-5-4-9(13)7-10(11)12/h4-5,7-8,14H,3,6,13H2,1-2H3. The molecule has 0 atom stereocenters. The predicted molar refractivity (Wildman–Crippen MR) is 72.8 cm³/mol. The number of aromatic nitrogens is 1. The smallest absolute Gasteiger partial charge is 0.244 e. The molecule has 0 aliphatic heterocycles. The Kier molecular flexibility index (Phi) is 3.32. The van der Waals surface area contributed by atoms with Crippen LogP contribution in [0.3, 0.4) is 0 Å². The van der Waals surface area contributed by atoms with E-state index in [4.69, 9.17) is 5.73 Å². The van der Waals surface area contributed by atoms with Crippen molar-refractivity contribution in [2.24, 2.45) is 0 Å². The Bertz CT molecular complexity index is 661. The van der Waals surface area contributed by atoms with Crippen molar-refractivity contribution in [3.63, 3.8) is 0 Å². The van der Waals surface area contributed by atoms with Gasteiger partial charge in [0.2, 0.25) is 10.0 Å². The maximum Gasteiger partial charge on any atom is 0.244 e. The predicted octanol–water partition coefficient (Wildman–Crippen LogP) is 1.78. The molecule has 1 aromatic heterocycles. The third kappa shape index (κ3) is 2.09. The summed E-state index contributed by atoms with van der Waals surface area (Å²) in [5.41, 5.74) is 7.03. The second kappa shape index (κ2) is 4.62. The normalized spacial score (nSPS) is 12.4. The monoisotopic (exact) mass is 267 g/mol. The number of nitrogens with two attached hydrogens (primary N) is 1. The average Bonchev–Trinajstić information content (AvgIpc) is 2.72. The van der Waals surface area contributed by atoms with Crippen LogP contribution in [-0.4, -0.2) is 31.3 Å². The summed E-state index contributed by atoms with van der Waals surface area (Å²) in [5.74, 6) is 0. The molecule has 0 saturated heterocycles.